The van der Waals surface area contributed by atoms with E-state index in [2.05, 4.69) is 11.8 Å². The van der Waals surface area contributed by atoms with Crippen LogP contribution in [0.15, 0.2) is 24.3 Å². The summed E-state index contributed by atoms with van der Waals surface area (Å²) in [5.41, 5.74) is 6.13. The molecule has 0 radical (unpaired) electrons. The van der Waals surface area contributed by atoms with Crippen LogP contribution < -0.4 is 10.5 Å². The SMILES string of the molecule is CC1CCCN1CCOc1ccc(C(=N)N)cc1. The second-order valence-corrected chi connectivity index (χ2v) is 4.81. The average Bonchev–Trinajstić information content (AvgIpc) is 2.76. The Labute approximate surface area is 108 Å². The van der Waals surface area contributed by atoms with Gasteiger partial charge in [0, 0.05) is 18.2 Å². The van der Waals surface area contributed by atoms with E-state index in [1.807, 2.05) is 24.3 Å². The maximum absolute atomic E-state index is 7.31. The first kappa shape index (κ1) is 12.9. The van der Waals surface area contributed by atoms with Gasteiger partial charge in [-0.1, -0.05) is 0 Å². The molecule has 0 saturated carbocycles. The highest BCUT2D eigenvalue weighted by Gasteiger charge is 2.19. The molecule has 98 valence electrons. The largest absolute Gasteiger partial charge is 0.492 e. The van der Waals surface area contributed by atoms with Gasteiger partial charge in [-0.05, 0) is 50.6 Å². The van der Waals surface area contributed by atoms with Crippen molar-refractivity contribution in [3.63, 3.8) is 0 Å². The van der Waals surface area contributed by atoms with Gasteiger partial charge in [0.05, 0.1) is 0 Å². The molecule has 1 aromatic rings. The minimum Gasteiger partial charge on any atom is -0.492 e. The molecule has 3 N–H and O–H groups in total. The summed E-state index contributed by atoms with van der Waals surface area (Å²) >= 11 is 0. The summed E-state index contributed by atoms with van der Waals surface area (Å²) in [5, 5.41) is 7.31. The van der Waals surface area contributed by atoms with Gasteiger partial charge in [-0.3, -0.25) is 10.3 Å². The normalized spacial score (nSPS) is 19.9. The number of likely N-dealkylation sites (tertiary alicyclic amines) is 1. The molecule has 1 aromatic carbocycles. The summed E-state index contributed by atoms with van der Waals surface area (Å²) in [6, 6.07) is 8.05. The van der Waals surface area contributed by atoms with Crippen molar-refractivity contribution in [2.75, 3.05) is 19.7 Å². The molecule has 1 unspecified atom stereocenters. The highest BCUT2D eigenvalue weighted by molar-refractivity contribution is 5.94. The molecule has 4 heteroatoms. The molecule has 2 rings (SSSR count). The molecule has 1 atom stereocenters. The molecular weight excluding hydrogens is 226 g/mol. The fourth-order valence-corrected chi connectivity index (χ4v) is 2.34. The Morgan fingerprint density at radius 2 is 2.17 bits per heavy atom. The standard InChI is InChI=1S/C14H21N3O/c1-11-3-2-8-17(11)9-10-18-13-6-4-12(5-7-13)14(15)16/h4-7,11H,2-3,8-10H2,1H3,(H3,15,16). The second-order valence-electron chi connectivity index (χ2n) is 4.81. The molecule has 0 aliphatic carbocycles. The van der Waals surface area contributed by atoms with Crippen LogP contribution in [-0.4, -0.2) is 36.5 Å². The number of benzene rings is 1. The van der Waals surface area contributed by atoms with Gasteiger partial charge < -0.3 is 10.5 Å². The van der Waals surface area contributed by atoms with E-state index in [9.17, 15) is 0 Å². The Kier molecular flexibility index (Phi) is 4.20. The number of hydrogen-bond donors (Lipinski definition) is 2. The van der Waals surface area contributed by atoms with Crippen molar-refractivity contribution in [1.82, 2.24) is 4.90 Å². The molecule has 1 fully saturated rings. The Morgan fingerprint density at radius 1 is 1.44 bits per heavy atom. The van der Waals surface area contributed by atoms with Gasteiger partial charge in [0.25, 0.3) is 0 Å². The van der Waals surface area contributed by atoms with Gasteiger partial charge >= 0.3 is 0 Å². The van der Waals surface area contributed by atoms with E-state index in [-0.39, 0.29) is 5.84 Å². The first-order valence-corrected chi connectivity index (χ1v) is 6.48. The van der Waals surface area contributed by atoms with Crippen molar-refractivity contribution in [2.45, 2.75) is 25.8 Å². The first-order chi connectivity index (χ1) is 8.66. The Bertz CT molecular complexity index is 402. The number of amidine groups is 1. The van der Waals surface area contributed by atoms with Crippen LogP contribution in [0.3, 0.4) is 0 Å². The number of nitrogens with zero attached hydrogens (tertiary/aromatic N) is 1. The van der Waals surface area contributed by atoms with Crippen LogP contribution in [0.4, 0.5) is 0 Å². The smallest absolute Gasteiger partial charge is 0.122 e. The quantitative estimate of drug-likeness (QED) is 0.616. The van der Waals surface area contributed by atoms with E-state index in [0.29, 0.717) is 12.6 Å². The van der Waals surface area contributed by atoms with Crippen LogP contribution >= 0.6 is 0 Å². The van der Waals surface area contributed by atoms with Crippen molar-refractivity contribution in [2.24, 2.45) is 5.73 Å². The highest BCUT2D eigenvalue weighted by Crippen LogP contribution is 2.16. The van der Waals surface area contributed by atoms with Gasteiger partial charge in [-0.2, -0.15) is 0 Å². The zero-order valence-corrected chi connectivity index (χ0v) is 10.9. The Morgan fingerprint density at radius 3 is 2.72 bits per heavy atom. The lowest BCUT2D eigenvalue weighted by molar-refractivity contribution is 0.204. The lowest BCUT2D eigenvalue weighted by atomic mass is 10.2. The van der Waals surface area contributed by atoms with E-state index in [1.165, 1.54) is 19.4 Å². The zero-order chi connectivity index (χ0) is 13.0. The fraction of sp³-hybridized carbons (Fsp3) is 0.500. The molecule has 1 aliphatic rings. The lowest BCUT2D eigenvalue weighted by Crippen LogP contribution is -2.31. The zero-order valence-electron chi connectivity index (χ0n) is 10.9. The van der Waals surface area contributed by atoms with Gasteiger partial charge in [0.2, 0.25) is 0 Å². The summed E-state index contributed by atoms with van der Waals surface area (Å²) < 4.78 is 5.70. The van der Waals surface area contributed by atoms with Crippen molar-refractivity contribution < 1.29 is 4.74 Å². The van der Waals surface area contributed by atoms with E-state index in [1.54, 1.807) is 0 Å². The van der Waals surface area contributed by atoms with Crippen LogP contribution in [0.5, 0.6) is 5.75 Å². The van der Waals surface area contributed by atoms with Crippen LogP contribution in [0.25, 0.3) is 0 Å². The van der Waals surface area contributed by atoms with Gasteiger partial charge in [0.1, 0.15) is 18.2 Å². The summed E-state index contributed by atoms with van der Waals surface area (Å²) in [6.07, 6.45) is 2.60. The molecule has 0 aromatic heterocycles. The molecule has 0 spiro atoms. The molecular formula is C14H21N3O. The number of nitrogens with two attached hydrogens (primary N) is 1. The molecule has 18 heavy (non-hydrogen) atoms. The molecule has 0 amide bonds. The number of nitrogen functional groups attached to an aromatic ring is 1. The number of hydrogen-bond acceptors (Lipinski definition) is 3. The van der Waals surface area contributed by atoms with Crippen molar-refractivity contribution in [3.8, 4) is 5.75 Å². The third-order valence-corrected chi connectivity index (χ3v) is 3.50. The summed E-state index contributed by atoms with van der Waals surface area (Å²) in [4.78, 5) is 2.46. The van der Waals surface area contributed by atoms with Crippen molar-refractivity contribution in [3.05, 3.63) is 29.8 Å². The first-order valence-electron chi connectivity index (χ1n) is 6.48. The summed E-state index contributed by atoms with van der Waals surface area (Å²) in [5.74, 6) is 0.930. The Balaban J connectivity index is 1.78. The lowest BCUT2D eigenvalue weighted by Gasteiger charge is -2.20. The topological polar surface area (TPSA) is 62.3 Å². The second kappa shape index (κ2) is 5.87. The third-order valence-electron chi connectivity index (χ3n) is 3.50. The monoisotopic (exact) mass is 247 g/mol. The Hall–Kier alpha value is -1.55. The van der Waals surface area contributed by atoms with Crippen LogP contribution in [0.2, 0.25) is 0 Å². The minimum absolute atomic E-state index is 0.0902. The maximum atomic E-state index is 7.31. The molecule has 1 aliphatic heterocycles. The third kappa shape index (κ3) is 3.23. The number of ether oxygens (including phenoxy) is 1. The van der Waals surface area contributed by atoms with Crippen LogP contribution in [0.1, 0.15) is 25.3 Å². The number of rotatable bonds is 5. The highest BCUT2D eigenvalue weighted by atomic mass is 16.5. The van der Waals surface area contributed by atoms with Crippen molar-refractivity contribution in [1.29, 1.82) is 5.41 Å². The molecule has 0 bridgehead atoms. The van der Waals surface area contributed by atoms with E-state index in [0.717, 1.165) is 17.9 Å². The summed E-state index contributed by atoms with van der Waals surface area (Å²) in [6.45, 7) is 5.15. The van der Waals surface area contributed by atoms with E-state index < -0.39 is 0 Å². The van der Waals surface area contributed by atoms with E-state index in [4.69, 9.17) is 15.9 Å². The van der Waals surface area contributed by atoms with Gasteiger partial charge in [-0.15, -0.1) is 0 Å². The van der Waals surface area contributed by atoms with Crippen molar-refractivity contribution >= 4 is 5.84 Å². The van der Waals surface area contributed by atoms with Crippen LogP contribution in [-0.2, 0) is 0 Å². The summed E-state index contributed by atoms with van der Waals surface area (Å²) in [7, 11) is 0. The molecule has 1 saturated heterocycles. The predicted octanol–water partition coefficient (Wildman–Crippen LogP) is 1.83. The fourth-order valence-electron chi connectivity index (χ4n) is 2.34. The minimum atomic E-state index is 0.0902. The molecule has 1 heterocycles. The van der Waals surface area contributed by atoms with Gasteiger partial charge in [-0.25, -0.2) is 0 Å². The van der Waals surface area contributed by atoms with Gasteiger partial charge in [0.15, 0.2) is 0 Å². The predicted molar refractivity (Wildman–Crippen MR) is 73.2 cm³/mol. The maximum Gasteiger partial charge on any atom is 0.122 e. The van der Waals surface area contributed by atoms with Crippen LogP contribution in [0, 0.1) is 5.41 Å². The molecule has 4 nitrogen and oxygen atoms in total. The number of nitrogens with one attached hydrogen (secondary N) is 1. The average molecular weight is 247 g/mol. The van der Waals surface area contributed by atoms with E-state index >= 15 is 0 Å².